The van der Waals surface area contributed by atoms with Gasteiger partial charge in [-0.15, -0.1) is 11.6 Å². The summed E-state index contributed by atoms with van der Waals surface area (Å²) in [6, 6.07) is 6.66. The average Bonchev–Trinajstić information content (AvgIpc) is 2.49. The summed E-state index contributed by atoms with van der Waals surface area (Å²) >= 11 is 5.63. The Labute approximate surface area is 80.7 Å². The predicted molar refractivity (Wildman–Crippen MR) is 52.6 cm³/mol. The van der Waals surface area contributed by atoms with Gasteiger partial charge in [0, 0.05) is 29.5 Å². The van der Waals surface area contributed by atoms with Gasteiger partial charge in [0.15, 0.2) is 0 Å². The molecule has 0 saturated carbocycles. The van der Waals surface area contributed by atoms with Crippen LogP contribution in [0.5, 0.6) is 0 Å². The van der Waals surface area contributed by atoms with Crippen LogP contribution in [0.1, 0.15) is 0 Å². The molecule has 0 unspecified atom stereocenters. The highest BCUT2D eigenvalue weighted by Gasteiger charge is 2.00. The summed E-state index contributed by atoms with van der Waals surface area (Å²) < 4.78 is 14.8. The lowest BCUT2D eigenvalue weighted by Gasteiger charge is -2.00. The number of hydrogen-bond acceptors (Lipinski definition) is 0. The molecule has 0 aliphatic carbocycles. The molecule has 13 heavy (non-hydrogen) atoms. The molecule has 0 aliphatic rings. The highest BCUT2D eigenvalue weighted by molar-refractivity contribution is 6.17. The molecule has 0 spiro atoms. The van der Waals surface area contributed by atoms with Crippen molar-refractivity contribution in [2.24, 2.45) is 0 Å². The van der Waals surface area contributed by atoms with E-state index in [2.05, 4.69) is 0 Å². The van der Waals surface area contributed by atoms with E-state index in [-0.39, 0.29) is 5.82 Å². The Morgan fingerprint density at radius 3 is 2.92 bits per heavy atom. The number of hydrogen-bond donors (Lipinski definition) is 0. The maximum atomic E-state index is 12.8. The minimum atomic E-state index is -0.198. The third-order valence-corrected chi connectivity index (χ3v) is 2.23. The van der Waals surface area contributed by atoms with Gasteiger partial charge < -0.3 is 4.57 Å². The number of nitrogens with zero attached hydrogens (tertiary/aromatic N) is 1. The molecule has 68 valence electrons. The van der Waals surface area contributed by atoms with Gasteiger partial charge in [-0.1, -0.05) is 0 Å². The van der Waals surface area contributed by atoms with Crippen molar-refractivity contribution in [2.75, 3.05) is 5.88 Å². The molecule has 3 heteroatoms. The fraction of sp³-hybridized carbons (Fsp3) is 0.200. The lowest BCUT2D eigenvalue weighted by Crippen LogP contribution is -1.96. The van der Waals surface area contributed by atoms with Crippen molar-refractivity contribution in [3.8, 4) is 0 Å². The molecule has 0 saturated heterocycles. The number of alkyl halides is 1. The Kier molecular flexibility index (Phi) is 2.23. The van der Waals surface area contributed by atoms with Gasteiger partial charge >= 0.3 is 0 Å². The Bertz CT molecular complexity index is 422. The zero-order chi connectivity index (χ0) is 9.26. The van der Waals surface area contributed by atoms with Crippen LogP contribution in [0.4, 0.5) is 4.39 Å². The number of benzene rings is 1. The first-order chi connectivity index (χ1) is 6.31. The lowest BCUT2D eigenvalue weighted by atomic mass is 10.2. The largest absolute Gasteiger partial charge is 0.346 e. The van der Waals surface area contributed by atoms with E-state index in [0.717, 1.165) is 17.4 Å². The second-order valence-corrected chi connectivity index (χ2v) is 3.28. The molecule has 1 aromatic heterocycles. The summed E-state index contributed by atoms with van der Waals surface area (Å²) in [7, 11) is 0. The first kappa shape index (κ1) is 8.57. The van der Waals surface area contributed by atoms with Crippen molar-refractivity contribution >= 4 is 22.5 Å². The van der Waals surface area contributed by atoms with E-state index in [0.29, 0.717) is 5.88 Å². The van der Waals surface area contributed by atoms with Gasteiger partial charge in [-0.3, -0.25) is 0 Å². The van der Waals surface area contributed by atoms with Gasteiger partial charge in [0.05, 0.1) is 0 Å². The minimum Gasteiger partial charge on any atom is -0.346 e. The first-order valence-electron chi connectivity index (χ1n) is 4.11. The van der Waals surface area contributed by atoms with Crippen LogP contribution >= 0.6 is 11.6 Å². The fourth-order valence-corrected chi connectivity index (χ4v) is 1.64. The fourth-order valence-electron chi connectivity index (χ4n) is 1.46. The van der Waals surface area contributed by atoms with Crippen molar-refractivity contribution in [1.82, 2.24) is 4.57 Å². The second kappa shape index (κ2) is 3.38. The maximum absolute atomic E-state index is 12.8. The SMILES string of the molecule is Fc1ccc2c(ccn2CCCl)c1. The number of halogens is 2. The van der Waals surface area contributed by atoms with E-state index in [4.69, 9.17) is 11.6 Å². The van der Waals surface area contributed by atoms with Gasteiger partial charge in [-0.25, -0.2) is 4.39 Å². The summed E-state index contributed by atoms with van der Waals surface area (Å²) in [6.45, 7) is 0.761. The van der Waals surface area contributed by atoms with Gasteiger partial charge in [0.2, 0.25) is 0 Å². The molecule has 0 radical (unpaired) electrons. The van der Waals surface area contributed by atoms with Crippen LogP contribution in [0.25, 0.3) is 10.9 Å². The molecule has 1 nitrogen and oxygen atoms in total. The van der Waals surface area contributed by atoms with E-state index >= 15 is 0 Å². The zero-order valence-corrected chi connectivity index (χ0v) is 7.76. The van der Waals surface area contributed by atoms with E-state index in [9.17, 15) is 4.39 Å². The molecule has 0 fully saturated rings. The normalized spacial score (nSPS) is 10.9. The van der Waals surface area contributed by atoms with Crippen molar-refractivity contribution in [1.29, 1.82) is 0 Å². The lowest BCUT2D eigenvalue weighted by molar-refractivity contribution is 0.629. The van der Waals surface area contributed by atoms with Crippen LogP contribution in [0.3, 0.4) is 0 Å². The van der Waals surface area contributed by atoms with Crippen molar-refractivity contribution in [3.63, 3.8) is 0 Å². The maximum Gasteiger partial charge on any atom is 0.123 e. The Hall–Kier alpha value is -1.02. The van der Waals surface area contributed by atoms with Crippen LogP contribution in [0, 0.1) is 5.82 Å². The molecule has 1 aromatic carbocycles. The van der Waals surface area contributed by atoms with Gasteiger partial charge in [-0.05, 0) is 24.3 Å². The van der Waals surface area contributed by atoms with Crippen LogP contribution in [0.15, 0.2) is 30.5 Å². The minimum absolute atomic E-state index is 0.198. The third kappa shape index (κ3) is 1.54. The van der Waals surface area contributed by atoms with Crippen LogP contribution in [0.2, 0.25) is 0 Å². The van der Waals surface area contributed by atoms with Crippen LogP contribution in [-0.2, 0) is 6.54 Å². The van der Waals surface area contributed by atoms with Gasteiger partial charge in [0.25, 0.3) is 0 Å². The highest BCUT2D eigenvalue weighted by atomic mass is 35.5. The highest BCUT2D eigenvalue weighted by Crippen LogP contribution is 2.16. The van der Waals surface area contributed by atoms with E-state index in [1.165, 1.54) is 12.1 Å². The Balaban J connectivity index is 2.55. The summed E-state index contributed by atoms with van der Waals surface area (Å²) in [6.07, 6.45) is 1.92. The molecule has 1 heterocycles. The molecule has 2 rings (SSSR count). The first-order valence-corrected chi connectivity index (χ1v) is 4.65. The standard InChI is InChI=1S/C10H9ClFN/c11-4-6-13-5-3-8-7-9(12)1-2-10(8)13/h1-3,5,7H,4,6H2. The summed E-state index contributed by atoms with van der Waals surface area (Å²) in [5.41, 5.74) is 1.03. The predicted octanol–water partition coefficient (Wildman–Crippen LogP) is 3.02. The monoisotopic (exact) mass is 197 g/mol. The van der Waals surface area contributed by atoms with Gasteiger partial charge in [0.1, 0.15) is 5.82 Å². The second-order valence-electron chi connectivity index (χ2n) is 2.90. The molecule has 2 aromatic rings. The smallest absolute Gasteiger partial charge is 0.123 e. The quantitative estimate of drug-likeness (QED) is 0.653. The van der Waals surface area contributed by atoms with Crippen molar-refractivity contribution in [3.05, 3.63) is 36.3 Å². The van der Waals surface area contributed by atoms with Crippen molar-refractivity contribution < 1.29 is 4.39 Å². The molecule has 0 bridgehead atoms. The topological polar surface area (TPSA) is 4.93 Å². The van der Waals surface area contributed by atoms with Crippen molar-refractivity contribution in [2.45, 2.75) is 6.54 Å². The number of aromatic nitrogens is 1. The molecular formula is C10H9ClFN. The third-order valence-electron chi connectivity index (χ3n) is 2.06. The summed E-state index contributed by atoms with van der Waals surface area (Å²) in [4.78, 5) is 0. The zero-order valence-electron chi connectivity index (χ0n) is 7.00. The Morgan fingerprint density at radius 1 is 1.31 bits per heavy atom. The molecule has 0 N–H and O–H groups in total. The van der Waals surface area contributed by atoms with E-state index < -0.39 is 0 Å². The molecule has 0 aliphatic heterocycles. The molecule has 0 amide bonds. The Morgan fingerprint density at radius 2 is 2.15 bits per heavy atom. The number of aryl methyl sites for hydroxylation is 1. The number of fused-ring (bicyclic) bond motifs is 1. The van der Waals surface area contributed by atoms with E-state index in [1.54, 1.807) is 6.07 Å². The molecular weight excluding hydrogens is 189 g/mol. The summed E-state index contributed by atoms with van der Waals surface area (Å²) in [5, 5.41) is 0.921. The summed E-state index contributed by atoms with van der Waals surface area (Å²) in [5.74, 6) is 0.373. The number of rotatable bonds is 2. The molecule has 0 atom stereocenters. The van der Waals surface area contributed by atoms with Crippen LogP contribution < -0.4 is 0 Å². The van der Waals surface area contributed by atoms with Gasteiger partial charge in [-0.2, -0.15) is 0 Å². The average molecular weight is 198 g/mol. The van der Waals surface area contributed by atoms with Crippen LogP contribution in [-0.4, -0.2) is 10.4 Å². The van der Waals surface area contributed by atoms with E-state index in [1.807, 2.05) is 16.8 Å².